The lowest BCUT2D eigenvalue weighted by Crippen LogP contribution is -2.24. The first-order valence-corrected chi connectivity index (χ1v) is 6.68. The second-order valence-corrected chi connectivity index (χ2v) is 5.00. The molecule has 0 aliphatic heterocycles. The highest BCUT2D eigenvalue weighted by Crippen LogP contribution is 2.24. The number of benzene rings is 2. The van der Waals surface area contributed by atoms with Crippen LogP contribution in [0.5, 0.6) is 0 Å². The van der Waals surface area contributed by atoms with Gasteiger partial charge >= 0.3 is 0 Å². The van der Waals surface area contributed by atoms with Gasteiger partial charge in [-0.2, -0.15) is 0 Å². The second kappa shape index (κ2) is 6.17. The van der Waals surface area contributed by atoms with Crippen LogP contribution < -0.4 is 21.5 Å². The molecule has 5 nitrogen and oxygen atoms in total. The number of rotatable bonds is 5. The monoisotopic (exact) mass is 284 g/mol. The summed E-state index contributed by atoms with van der Waals surface area (Å²) in [7, 11) is 1.91. The lowest BCUT2D eigenvalue weighted by molar-refractivity contribution is -0.105. The van der Waals surface area contributed by atoms with Gasteiger partial charge in [0.25, 0.3) is 0 Å². The number of amides is 1. The topological polar surface area (TPSA) is 70.4 Å². The number of anilines is 4. The van der Waals surface area contributed by atoms with E-state index < -0.39 is 0 Å². The molecule has 0 spiro atoms. The Morgan fingerprint density at radius 3 is 2.48 bits per heavy atom. The molecule has 1 amide bonds. The smallest absolute Gasteiger partial charge is 0.211 e. The minimum absolute atomic E-state index is 0.681. The fraction of sp³-hybridized carbons (Fsp3) is 0.188. The van der Waals surface area contributed by atoms with Crippen molar-refractivity contribution in [3.05, 3.63) is 47.5 Å². The number of nitrogens with two attached hydrogens (primary N) is 1. The van der Waals surface area contributed by atoms with E-state index in [-0.39, 0.29) is 0 Å². The summed E-state index contributed by atoms with van der Waals surface area (Å²) in [6.45, 7) is 3.92. The maximum Gasteiger partial charge on any atom is 0.211 e. The maximum absolute atomic E-state index is 10.6. The Morgan fingerprint density at radius 1 is 1.10 bits per heavy atom. The molecule has 0 heterocycles. The summed E-state index contributed by atoms with van der Waals surface area (Å²) in [6.07, 6.45) is 0.681. The Bertz CT molecular complexity index is 655. The van der Waals surface area contributed by atoms with Gasteiger partial charge in [-0.15, -0.1) is 0 Å². The number of carbonyl (C=O) groups is 1. The molecule has 4 N–H and O–H groups in total. The SMILES string of the molecule is Cc1ccc(NN(C)c2ccc(C)c(NC=O)c2)cc1N. The zero-order valence-electron chi connectivity index (χ0n) is 12.5. The van der Waals surface area contributed by atoms with E-state index in [4.69, 9.17) is 5.73 Å². The van der Waals surface area contributed by atoms with Crippen LogP contribution >= 0.6 is 0 Å². The van der Waals surface area contributed by atoms with Crippen molar-refractivity contribution in [3.8, 4) is 0 Å². The van der Waals surface area contributed by atoms with Gasteiger partial charge in [0.2, 0.25) is 6.41 Å². The highest BCUT2D eigenvalue weighted by Gasteiger charge is 2.05. The zero-order chi connectivity index (χ0) is 15.4. The number of hydrogen-bond donors (Lipinski definition) is 3. The molecular weight excluding hydrogens is 264 g/mol. The van der Waals surface area contributed by atoms with Crippen molar-refractivity contribution in [1.29, 1.82) is 0 Å². The normalized spacial score (nSPS) is 10.0. The van der Waals surface area contributed by atoms with Gasteiger partial charge in [0, 0.05) is 18.4 Å². The largest absolute Gasteiger partial charge is 0.398 e. The van der Waals surface area contributed by atoms with Crippen LogP contribution in [-0.4, -0.2) is 13.5 Å². The third kappa shape index (κ3) is 3.45. The highest BCUT2D eigenvalue weighted by molar-refractivity contribution is 5.76. The Labute approximate surface area is 124 Å². The van der Waals surface area contributed by atoms with Crippen LogP contribution in [0.25, 0.3) is 0 Å². The summed E-state index contributed by atoms with van der Waals surface area (Å²) in [6, 6.07) is 11.7. The minimum atomic E-state index is 0.681. The quantitative estimate of drug-likeness (QED) is 0.448. The predicted octanol–water partition coefficient (Wildman–Crippen LogP) is 2.92. The Balaban J connectivity index is 2.19. The van der Waals surface area contributed by atoms with Crippen molar-refractivity contribution in [3.63, 3.8) is 0 Å². The molecule has 2 aromatic rings. The number of aryl methyl sites for hydroxylation is 2. The van der Waals surface area contributed by atoms with Crippen molar-refractivity contribution in [2.75, 3.05) is 28.5 Å². The molecule has 5 heteroatoms. The number of nitrogens with zero attached hydrogens (tertiary/aromatic N) is 1. The highest BCUT2D eigenvalue weighted by atomic mass is 16.1. The Kier molecular flexibility index (Phi) is 4.33. The summed E-state index contributed by atoms with van der Waals surface area (Å²) >= 11 is 0. The molecule has 110 valence electrons. The van der Waals surface area contributed by atoms with Crippen molar-refractivity contribution >= 4 is 29.2 Å². The van der Waals surface area contributed by atoms with Crippen LogP contribution in [0.3, 0.4) is 0 Å². The lowest BCUT2D eigenvalue weighted by Gasteiger charge is -2.23. The molecular formula is C16H20N4O. The summed E-state index contributed by atoms with van der Waals surface area (Å²) < 4.78 is 0. The van der Waals surface area contributed by atoms with E-state index >= 15 is 0 Å². The molecule has 2 aromatic carbocycles. The summed E-state index contributed by atoms with van der Waals surface area (Å²) in [4.78, 5) is 10.6. The van der Waals surface area contributed by atoms with Gasteiger partial charge in [0.1, 0.15) is 0 Å². The maximum atomic E-state index is 10.6. The van der Waals surface area contributed by atoms with Crippen LogP contribution in [0.2, 0.25) is 0 Å². The van der Waals surface area contributed by atoms with E-state index in [0.29, 0.717) is 6.41 Å². The molecule has 2 rings (SSSR count). The van der Waals surface area contributed by atoms with E-state index in [9.17, 15) is 4.79 Å². The zero-order valence-corrected chi connectivity index (χ0v) is 12.5. The van der Waals surface area contributed by atoms with Crippen molar-refractivity contribution < 1.29 is 4.79 Å². The van der Waals surface area contributed by atoms with Crippen LogP contribution in [0.1, 0.15) is 11.1 Å². The lowest BCUT2D eigenvalue weighted by atomic mass is 10.1. The van der Waals surface area contributed by atoms with Crippen molar-refractivity contribution in [2.24, 2.45) is 0 Å². The molecule has 0 fully saturated rings. The average molecular weight is 284 g/mol. The van der Waals surface area contributed by atoms with Gasteiger partial charge < -0.3 is 11.1 Å². The minimum Gasteiger partial charge on any atom is -0.398 e. The third-order valence-electron chi connectivity index (χ3n) is 3.40. The van der Waals surface area contributed by atoms with E-state index in [2.05, 4.69) is 10.7 Å². The molecule has 0 aliphatic rings. The second-order valence-electron chi connectivity index (χ2n) is 5.00. The molecule has 0 aromatic heterocycles. The van der Waals surface area contributed by atoms with Gasteiger partial charge in [-0.05, 0) is 49.2 Å². The van der Waals surface area contributed by atoms with Gasteiger partial charge in [0.05, 0.1) is 11.4 Å². The molecule has 0 unspecified atom stereocenters. The molecule has 0 bridgehead atoms. The first kappa shape index (κ1) is 14.7. The first-order chi connectivity index (χ1) is 10.0. The third-order valence-corrected chi connectivity index (χ3v) is 3.40. The summed E-state index contributed by atoms with van der Waals surface area (Å²) in [5.74, 6) is 0. The number of nitrogens with one attached hydrogen (secondary N) is 2. The van der Waals surface area contributed by atoms with Crippen LogP contribution in [0.4, 0.5) is 22.7 Å². The van der Waals surface area contributed by atoms with Crippen LogP contribution in [0, 0.1) is 13.8 Å². The molecule has 0 saturated carbocycles. The van der Waals surface area contributed by atoms with Gasteiger partial charge in [0.15, 0.2) is 0 Å². The molecule has 0 aliphatic carbocycles. The molecule has 0 saturated heterocycles. The molecule has 0 atom stereocenters. The number of carbonyl (C=O) groups excluding carboxylic acids is 1. The fourth-order valence-electron chi connectivity index (χ4n) is 2.01. The summed E-state index contributed by atoms with van der Waals surface area (Å²) in [5.41, 5.74) is 14.6. The van der Waals surface area contributed by atoms with E-state index in [1.165, 1.54) is 0 Å². The van der Waals surface area contributed by atoms with E-state index in [1.807, 2.05) is 62.3 Å². The first-order valence-electron chi connectivity index (χ1n) is 6.68. The van der Waals surface area contributed by atoms with Crippen LogP contribution in [-0.2, 0) is 4.79 Å². The van der Waals surface area contributed by atoms with E-state index in [0.717, 1.165) is 33.9 Å². The van der Waals surface area contributed by atoms with E-state index in [1.54, 1.807) is 0 Å². The Morgan fingerprint density at radius 2 is 1.81 bits per heavy atom. The number of hydrazine groups is 1. The van der Waals surface area contributed by atoms with Gasteiger partial charge in [-0.25, -0.2) is 0 Å². The summed E-state index contributed by atoms with van der Waals surface area (Å²) in [5, 5.41) is 4.57. The predicted molar refractivity (Wildman–Crippen MR) is 88.5 cm³/mol. The van der Waals surface area contributed by atoms with Crippen molar-refractivity contribution in [2.45, 2.75) is 13.8 Å². The van der Waals surface area contributed by atoms with Gasteiger partial charge in [-0.3, -0.25) is 15.2 Å². The molecule has 0 radical (unpaired) electrons. The van der Waals surface area contributed by atoms with Crippen molar-refractivity contribution in [1.82, 2.24) is 0 Å². The molecule has 21 heavy (non-hydrogen) atoms. The number of nitrogen functional groups attached to an aromatic ring is 1. The number of hydrogen-bond acceptors (Lipinski definition) is 4. The fourth-order valence-corrected chi connectivity index (χ4v) is 2.01. The van der Waals surface area contributed by atoms with Gasteiger partial charge in [-0.1, -0.05) is 12.1 Å². The average Bonchev–Trinajstić information content (AvgIpc) is 2.45. The Hall–Kier alpha value is -2.69. The van der Waals surface area contributed by atoms with Crippen LogP contribution in [0.15, 0.2) is 36.4 Å². The standard InChI is InChI=1S/C16H20N4O/c1-11-4-6-13(8-15(11)17)19-20(3)14-7-5-12(2)16(9-14)18-10-21/h4-10,19H,17H2,1-3H3,(H,18,21).